The van der Waals surface area contributed by atoms with Gasteiger partial charge in [-0.05, 0) is 35.6 Å². The van der Waals surface area contributed by atoms with Crippen molar-refractivity contribution in [2.24, 2.45) is 0 Å². The zero-order chi connectivity index (χ0) is 15.8. The molecule has 1 aromatic heterocycles. The fourth-order valence-electron chi connectivity index (χ4n) is 2.51. The summed E-state index contributed by atoms with van der Waals surface area (Å²) in [4.78, 5) is 15.9. The number of rotatable bonds is 2. The minimum Gasteiger partial charge on any atom is -0.478 e. The number of aromatic nitrogens is 1. The molecule has 110 valence electrons. The smallest absolute Gasteiger partial charge is 0.336 e. The van der Waals surface area contributed by atoms with Crippen molar-refractivity contribution in [2.45, 2.75) is 33.1 Å². The molecular formula is C17H18ClNO2. The fourth-order valence-corrected chi connectivity index (χ4v) is 2.66. The highest BCUT2D eigenvalue weighted by atomic mass is 35.5. The predicted molar refractivity (Wildman–Crippen MR) is 85.1 cm³/mol. The summed E-state index contributed by atoms with van der Waals surface area (Å²) in [5.74, 6) is -0.929. The number of carbonyl (C=O) groups is 1. The van der Waals surface area contributed by atoms with E-state index in [0.717, 1.165) is 22.4 Å². The van der Waals surface area contributed by atoms with E-state index in [2.05, 4.69) is 4.98 Å². The molecule has 0 radical (unpaired) electrons. The quantitative estimate of drug-likeness (QED) is 0.818. The minimum absolute atomic E-state index is 0.307. The average Bonchev–Trinajstić information content (AvgIpc) is 2.39. The van der Waals surface area contributed by atoms with E-state index in [1.54, 1.807) is 18.2 Å². The summed E-state index contributed by atoms with van der Waals surface area (Å²) in [6.07, 6.45) is 0. The minimum atomic E-state index is -0.929. The second-order valence-corrected chi connectivity index (χ2v) is 6.47. The molecule has 1 aromatic carbocycles. The van der Waals surface area contributed by atoms with Gasteiger partial charge in [-0.25, -0.2) is 9.78 Å². The number of carboxylic acid groups (broad SMARTS) is 1. The van der Waals surface area contributed by atoms with Crippen molar-refractivity contribution in [3.05, 3.63) is 52.2 Å². The van der Waals surface area contributed by atoms with Gasteiger partial charge in [-0.1, -0.05) is 50.6 Å². The number of aryl methyl sites for hydroxylation is 1. The van der Waals surface area contributed by atoms with Crippen molar-refractivity contribution in [1.29, 1.82) is 0 Å². The molecule has 21 heavy (non-hydrogen) atoms. The third kappa shape index (κ3) is 3.08. The molecule has 1 N–H and O–H groups in total. The summed E-state index contributed by atoms with van der Waals surface area (Å²) in [7, 11) is 0. The Balaban J connectivity index is 2.84. The van der Waals surface area contributed by atoms with Gasteiger partial charge in [-0.3, -0.25) is 0 Å². The maximum absolute atomic E-state index is 11.6. The van der Waals surface area contributed by atoms with E-state index >= 15 is 0 Å². The summed E-state index contributed by atoms with van der Waals surface area (Å²) in [5, 5.41) is 9.88. The molecule has 0 aliphatic rings. The number of hydrogen-bond acceptors (Lipinski definition) is 2. The van der Waals surface area contributed by atoms with Crippen LogP contribution in [0.5, 0.6) is 0 Å². The van der Waals surface area contributed by atoms with Crippen LogP contribution in [0.2, 0.25) is 5.15 Å². The number of carboxylic acids is 1. The first kappa shape index (κ1) is 15.5. The second kappa shape index (κ2) is 5.49. The van der Waals surface area contributed by atoms with Gasteiger partial charge in [0.1, 0.15) is 5.15 Å². The molecule has 0 atom stereocenters. The molecule has 3 nitrogen and oxygen atoms in total. The molecule has 0 saturated heterocycles. The van der Waals surface area contributed by atoms with Gasteiger partial charge >= 0.3 is 5.97 Å². The number of hydrogen-bond donors (Lipinski definition) is 1. The van der Waals surface area contributed by atoms with Gasteiger partial charge in [0.05, 0.1) is 11.3 Å². The third-order valence-corrected chi connectivity index (χ3v) is 3.57. The van der Waals surface area contributed by atoms with Gasteiger partial charge in [-0.2, -0.15) is 0 Å². The van der Waals surface area contributed by atoms with E-state index in [1.807, 2.05) is 39.8 Å². The normalized spacial score (nSPS) is 11.5. The van der Waals surface area contributed by atoms with Crippen LogP contribution >= 0.6 is 11.6 Å². The van der Waals surface area contributed by atoms with Crippen molar-refractivity contribution >= 4 is 17.6 Å². The fraction of sp³-hybridized carbons (Fsp3) is 0.294. The molecule has 4 heteroatoms. The highest BCUT2D eigenvalue weighted by molar-refractivity contribution is 6.29. The molecule has 2 aromatic rings. The molecular weight excluding hydrogens is 286 g/mol. The summed E-state index contributed by atoms with van der Waals surface area (Å²) in [6.45, 7) is 7.94. The Morgan fingerprint density at radius 1 is 1.19 bits per heavy atom. The van der Waals surface area contributed by atoms with E-state index in [4.69, 9.17) is 11.6 Å². The van der Waals surface area contributed by atoms with Gasteiger partial charge in [0.15, 0.2) is 0 Å². The van der Waals surface area contributed by atoms with Crippen LogP contribution in [0, 0.1) is 6.92 Å². The lowest BCUT2D eigenvalue weighted by Gasteiger charge is -2.25. The zero-order valence-corrected chi connectivity index (χ0v) is 13.3. The van der Waals surface area contributed by atoms with Crippen LogP contribution in [-0.4, -0.2) is 16.1 Å². The van der Waals surface area contributed by atoms with Gasteiger partial charge < -0.3 is 5.11 Å². The van der Waals surface area contributed by atoms with Gasteiger partial charge in [0.2, 0.25) is 0 Å². The number of pyridine rings is 1. The van der Waals surface area contributed by atoms with Crippen molar-refractivity contribution in [3.63, 3.8) is 0 Å². The molecule has 0 aliphatic heterocycles. The molecule has 0 unspecified atom stereocenters. The highest BCUT2D eigenvalue weighted by Crippen LogP contribution is 2.36. The Hall–Kier alpha value is -1.87. The SMILES string of the molecule is Cc1ccc(Cl)nc1-c1cccc(C(=O)O)c1C(C)(C)C. The Morgan fingerprint density at radius 2 is 1.86 bits per heavy atom. The van der Waals surface area contributed by atoms with Crippen molar-refractivity contribution in [1.82, 2.24) is 4.98 Å². The number of aromatic carboxylic acids is 1. The highest BCUT2D eigenvalue weighted by Gasteiger charge is 2.26. The molecule has 0 bridgehead atoms. The van der Waals surface area contributed by atoms with Gasteiger partial charge in [0, 0.05) is 5.56 Å². The molecule has 0 spiro atoms. The van der Waals surface area contributed by atoms with E-state index in [-0.39, 0.29) is 5.41 Å². The first-order chi connectivity index (χ1) is 9.71. The van der Waals surface area contributed by atoms with Gasteiger partial charge in [0.25, 0.3) is 0 Å². The van der Waals surface area contributed by atoms with Crippen molar-refractivity contribution < 1.29 is 9.90 Å². The lowest BCUT2D eigenvalue weighted by Crippen LogP contribution is -2.18. The van der Waals surface area contributed by atoms with Crippen LogP contribution in [0.4, 0.5) is 0 Å². The van der Waals surface area contributed by atoms with Crippen molar-refractivity contribution in [2.75, 3.05) is 0 Å². The molecule has 0 aliphatic carbocycles. The first-order valence-electron chi connectivity index (χ1n) is 6.72. The zero-order valence-electron chi connectivity index (χ0n) is 12.6. The number of nitrogens with zero attached hydrogens (tertiary/aromatic N) is 1. The van der Waals surface area contributed by atoms with Crippen LogP contribution in [0.3, 0.4) is 0 Å². The maximum Gasteiger partial charge on any atom is 0.336 e. The first-order valence-corrected chi connectivity index (χ1v) is 7.10. The molecule has 0 saturated carbocycles. The van der Waals surface area contributed by atoms with E-state index < -0.39 is 5.97 Å². The average molecular weight is 304 g/mol. The Bertz CT molecular complexity index is 702. The largest absolute Gasteiger partial charge is 0.478 e. The van der Waals surface area contributed by atoms with Crippen molar-refractivity contribution in [3.8, 4) is 11.3 Å². The standard InChI is InChI=1S/C17H18ClNO2/c1-10-8-9-13(18)19-15(10)11-6-5-7-12(16(20)21)14(11)17(2,3)4/h5-9H,1-4H3,(H,20,21). The number of halogens is 1. The summed E-state index contributed by atoms with van der Waals surface area (Å²) in [5.41, 5.74) is 3.28. The summed E-state index contributed by atoms with van der Waals surface area (Å²) >= 11 is 6.01. The monoisotopic (exact) mass is 303 g/mol. The topological polar surface area (TPSA) is 50.2 Å². The van der Waals surface area contributed by atoms with Gasteiger partial charge in [-0.15, -0.1) is 0 Å². The van der Waals surface area contributed by atoms with Crippen LogP contribution in [-0.2, 0) is 5.41 Å². The van der Waals surface area contributed by atoms with Crippen LogP contribution in [0.25, 0.3) is 11.3 Å². The van der Waals surface area contributed by atoms with E-state index in [0.29, 0.717) is 10.7 Å². The van der Waals surface area contributed by atoms with Crippen LogP contribution in [0.1, 0.15) is 42.3 Å². The lowest BCUT2D eigenvalue weighted by atomic mass is 9.79. The van der Waals surface area contributed by atoms with E-state index in [1.165, 1.54) is 0 Å². The molecule has 0 amide bonds. The Labute approximate surface area is 129 Å². The lowest BCUT2D eigenvalue weighted by molar-refractivity contribution is 0.0694. The second-order valence-electron chi connectivity index (χ2n) is 6.08. The maximum atomic E-state index is 11.6. The molecule has 1 heterocycles. The Morgan fingerprint density at radius 3 is 2.43 bits per heavy atom. The summed E-state index contributed by atoms with van der Waals surface area (Å²) < 4.78 is 0. The van der Waals surface area contributed by atoms with Crippen LogP contribution in [0.15, 0.2) is 30.3 Å². The molecule has 0 fully saturated rings. The number of benzene rings is 1. The summed E-state index contributed by atoms with van der Waals surface area (Å²) in [6, 6.07) is 8.91. The molecule has 2 rings (SSSR count). The van der Waals surface area contributed by atoms with E-state index in [9.17, 15) is 9.90 Å². The van der Waals surface area contributed by atoms with Crippen LogP contribution < -0.4 is 0 Å². The predicted octanol–water partition coefficient (Wildman–Crippen LogP) is 4.71. The Kier molecular flexibility index (Phi) is 4.06. The third-order valence-electron chi connectivity index (χ3n) is 3.36.